The molecular formula is C15H17NO2. The van der Waals surface area contributed by atoms with E-state index >= 15 is 0 Å². The van der Waals surface area contributed by atoms with Gasteiger partial charge in [-0.3, -0.25) is 0 Å². The van der Waals surface area contributed by atoms with Crippen molar-refractivity contribution in [3.63, 3.8) is 0 Å². The van der Waals surface area contributed by atoms with Crippen molar-refractivity contribution >= 4 is 0 Å². The summed E-state index contributed by atoms with van der Waals surface area (Å²) in [7, 11) is 1.65. The third-order valence-corrected chi connectivity index (χ3v) is 2.72. The molecule has 0 saturated heterocycles. The van der Waals surface area contributed by atoms with E-state index in [4.69, 9.17) is 15.2 Å². The van der Waals surface area contributed by atoms with Crippen molar-refractivity contribution in [1.82, 2.24) is 0 Å². The van der Waals surface area contributed by atoms with E-state index in [9.17, 15) is 0 Å². The summed E-state index contributed by atoms with van der Waals surface area (Å²) < 4.78 is 10.7. The van der Waals surface area contributed by atoms with Crippen LogP contribution in [0.4, 0.5) is 0 Å². The number of nitrogens with two attached hydrogens (primary N) is 1. The van der Waals surface area contributed by atoms with Gasteiger partial charge in [0.1, 0.15) is 18.1 Å². The van der Waals surface area contributed by atoms with Crippen molar-refractivity contribution in [3.8, 4) is 11.5 Å². The van der Waals surface area contributed by atoms with Gasteiger partial charge in [-0.25, -0.2) is 0 Å². The van der Waals surface area contributed by atoms with Crippen LogP contribution >= 0.6 is 0 Å². The van der Waals surface area contributed by atoms with Crippen molar-refractivity contribution in [2.45, 2.75) is 6.04 Å². The Balaban J connectivity index is 1.93. The average molecular weight is 243 g/mol. The predicted octanol–water partition coefficient (Wildman–Crippen LogP) is 2.77. The minimum absolute atomic E-state index is 0.142. The van der Waals surface area contributed by atoms with Crippen LogP contribution in [0.25, 0.3) is 0 Å². The summed E-state index contributed by atoms with van der Waals surface area (Å²) in [6.45, 7) is 0.455. The number of rotatable bonds is 5. The second-order valence-electron chi connectivity index (χ2n) is 4.00. The molecule has 2 aromatic rings. The first-order valence-corrected chi connectivity index (χ1v) is 5.87. The molecule has 0 amide bonds. The van der Waals surface area contributed by atoms with Crippen molar-refractivity contribution < 1.29 is 9.47 Å². The zero-order valence-corrected chi connectivity index (χ0v) is 10.4. The van der Waals surface area contributed by atoms with Crippen LogP contribution < -0.4 is 15.2 Å². The first-order valence-electron chi connectivity index (χ1n) is 5.87. The van der Waals surface area contributed by atoms with Gasteiger partial charge in [0, 0.05) is 0 Å². The summed E-state index contributed by atoms with van der Waals surface area (Å²) in [5, 5.41) is 0. The Hall–Kier alpha value is -2.00. The monoisotopic (exact) mass is 243 g/mol. The summed E-state index contributed by atoms with van der Waals surface area (Å²) >= 11 is 0. The Bertz CT molecular complexity index is 468. The van der Waals surface area contributed by atoms with Gasteiger partial charge in [0.25, 0.3) is 0 Å². The predicted molar refractivity (Wildman–Crippen MR) is 71.9 cm³/mol. The molecule has 0 fully saturated rings. The van der Waals surface area contributed by atoms with E-state index in [1.807, 2.05) is 54.6 Å². The molecule has 0 aromatic heterocycles. The second kappa shape index (κ2) is 6.07. The fourth-order valence-electron chi connectivity index (χ4n) is 1.65. The molecule has 94 valence electrons. The Morgan fingerprint density at radius 2 is 1.61 bits per heavy atom. The minimum atomic E-state index is -0.142. The maximum absolute atomic E-state index is 6.07. The number of para-hydroxylation sites is 1. The Morgan fingerprint density at radius 1 is 0.944 bits per heavy atom. The fraction of sp³-hybridized carbons (Fsp3) is 0.200. The van der Waals surface area contributed by atoms with Gasteiger partial charge >= 0.3 is 0 Å². The average Bonchev–Trinajstić information content (AvgIpc) is 2.46. The lowest BCUT2D eigenvalue weighted by Gasteiger charge is -2.14. The van der Waals surface area contributed by atoms with Gasteiger partial charge in [0.05, 0.1) is 13.2 Å². The van der Waals surface area contributed by atoms with E-state index in [-0.39, 0.29) is 6.04 Å². The fourth-order valence-corrected chi connectivity index (χ4v) is 1.65. The molecule has 0 saturated carbocycles. The van der Waals surface area contributed by atoms with Crippen LogP contribution in [0.2, 0.25) is 0 Å². The lowest BCUT2D eigenvalue weighted by atomic mass is 10.1. The number of hydrogen-bond acceptors (Lipinski definition) is 3. The van der Waals surface area contributed by atoms with Crippen LogP contribution in [-0.2, 0) is 0 Å². The van der Waals surface area contributed by atoms with Gasteiger partial charge in [0.2, 0.25) is 0 Å². The van der Waals surface area contributed by atoms with Crippen LogP contribution in [0, 0.1) is 0 Å². The lowest BCUT2D eigenvalue weighted by Crippen LogP contribution is -2.18. The highest BCUT2D eigenvalue weighted by atomic mass is 16.5. The first-order chi connectivity index (χ1) is 8.79. The molecule has 0 aliphatic heterocycles. The molecule has 0 bridgehead atoms. The van der Waals surface area contributed by atoms with Crippen LogP contribution in [-0.4, -0.2) is 13.7 Å². The highest BCUT2D eigenvalue weighted by molar-refractivity contribution is 5.29. The smallest absolute Gasteiger partial charge is 0.119 e. The van der Waals surface area contributed by atoms with Gasteiger partial charge in [-0.15, -0.1) is 0 Å². The molecule has 1 atom stereocenters. The standard InChI is InChI=1S/C15H17NO2/c1-17-13-9-7-12(8-10-13)15(16)11-18-14-5-3-2-4-6-14/h2-10,15H,11,16H2,1H3. The van der Waals surface area contributed by atoms with Gasteiger partial charge in [0.15, 0.2) is 0 Å². The molecule has 0 radical (unpaired) electrons. The van der Waals surface area contributed by atoms with Crippen molar-refractivity contribution in [3.05, 3.63) is 60.2 Å². The van der Waals surface area contributed by atoms with Crippen LogP contribution in [0.5, 0.6) is 11.5 Å². The topological polar surface area (TPSA) is 44.5 Å². The number of methoxy groups -OCH3 is 1. The van der Waals surface area contributed by atoms with E-state index in [1.54, 1.807) is 7.11 Å². The normalized spacial score (nSPS) is 11.9. The molecular weight excluding hydrogens is 226 g/mol. The third kappa shape index (κ3) is 3.25. The molecule has 18 heavy (non-hydrogen) atoms. The van der Waals surface area contributed by atoms with E-state index in [0.29, 0.717) is 6.61 Å². The summed E-state index contributed by atoms with van der Waals surface area (Å²) in [6, 6.07) is 17.2. The Morgan fingerprint density at radius 3 is 2.22 bits per heavy atom. The molecule has 2 N–H and O–H groups in total. The molecule has 2 aromatic carbocycles. The quantitative estimate of drug-likeness (QED) is 0.878. The molecule has 3 heteroatoms. The Labute approximate surface area is 107 Å². The molecule has 0 heterocycles. The van der Waals surface area contributed by atoms with Gasteiger partial charge < -0.3 is 15.2 Å². The lowest BCUT2D eigenvalue weighted by molar-refractivity contribution is 0.290. The molecule has 0 aliphatic carbocycles. The summed E-state index contributed by atoms with van der Waals surface area (Å²) in [6.07, 6.45) is 0. The molecule has 2 rings (SSSR count). The summed E-state index contributed by atoms with van der Waals surface area (Å²) in [4.78, 5) is 0. The minimum Gasteiger partial charge on any atom is -0.497 e. The van der Waals surface area contributed by atoms with Crippen molar-refractivity contribution in [2.24, 2.45) is 5.73 Å². The number of ether oxygens (including phenoxy) is 2. The van der Waals surface area contributed by atoms with E-state index < -0.39 is 0 Å². The number of hydrogen-bond donors (Lipinski definition) is 1. The Kier molecular flexibility index (Phi) is 4.20. The first kappa shape index (κ1) is 12.5. The van der Waals surface area contributed by atoms with E-state index in [2.05, 4.69) is 0 Å². The number of benzene rings is 2. The van der Waals surface area contributed by atoms with E-state index in [0.717, 1.165) is 17.1 Å². The molecule has 0 spiro atoms. The molecule has 3 nitrogen and oxygen atoms in total. The zero-order chi connectivity index (χ0) is 12.8. The van der Waals surface area contributed by atoms with Crippen LogP contribution in [0.1, 0.15) is 11.6 Å². The molecule has 0 aliphatic rings. The zero-order valence-electron chi connectivity index (χ0n) is 10.4. The van der Waals surface area contributed by atoms with Crippen molar-refractivity contribution in [2.75, 3.05) is 13.7 Å². The maximum atomic E-state index is 6.07. The van der Waals surface area contributed by atoms with Gasteiger partial charge in [-0.05, 0) is 29.8 Å². The van der Waals surface area contributed by atoms with Gasteiger partial charge in [-0.2, -0.15) is 0 Å². The SMILES string of the molecule is COc1ccc(C(N)COc2ccccc2)cc1. The summed E-state index contributed by atoms with van der Waals surface area (Å²) in [5.74, 6) is 1.66. The second-order valence-corrected chi connectivity index (χ2v) is 4.00. The van der Waals surface area contributed by atoms with Crippen LogP contribution in [0.15, 0.2) is 54.6 Å². The highest BCUT2D eigenvalue weighted by Crippen LogP contribution is 2.17. The summed E-state index contributed by atoms with van der Waals surface area (Å²) in [5.41, 5.74) is 7.10. The van der Waals surface area contributed by atoms with Crippen molar-refractivity contribution in [1.29, 1.82) is 0 Å². The highest BCUT2D eigenvalue weighted by Gasteiger charge is 2.06. The van der Waals surface area contributed by atoms with Gasteiger partial charge in [-0.1, -0.05) is 30.3 Å². The largest absolute Gasteiger partial charge is 0.497 e. The third-order valence-electron chi connectivity index (χ3n) is 2.72. The maximum Gasteiger partial charge on any atom is 0.119 e. The van der Waals surface area contributed by atoms with E-state index in [1.165, 1.54) is 0 Å². The van der Waals surface area contributed by atoms with Crippen LogP contribution in [0.3, 0.4) is 0 Å². The molecule has 1 unspecified atom stereocenters.